The summed E-state index contributed by atoms with van der Waals surface area (Å²) in [6.07, 6.45) is 0.591. The fourth-order valence-corrected chi connectivity index (χ4v) is 3.73. The third-order valence-electron chi connectivity index (χ3n) is 5.21. The Balaban J connectivity index is 1.33. The number of ether oxygens (including phenoxy) is 1. The Bertz CT molecular complexity index is 773. The fourth-order valence-electron chi connectivity index (χ4n) is 3.73. The van der Waals surface area contributed by atoms with E-state index in [1.807, 2.05) is 11.0 Å². The van der Waals surface area contributed by atoms with Crippen LogP contribution in [0.25, 0.3) is 0 Å². The highest BCUT2D eigenvalue weighted by Gasteiger charge is 2.32. The van der Waals surface area contributed by atoms with Crippen molar-refractivity contribution in [1.29, 1.82) is 0 Å². The van der Waals surface area contributed by atoms with Gasteiger partial charge in [0.2, 0.25) is 0 Å². The largest absolute Gasteiger partial charge is 0.480 e. The molecule has 1 unspecified atom stereocenters. The zero-order valence-corrected chi connectivity index (χ0v) is 14.7. The van der Waals surface area contributed by atoms with Crippen LogP contribution < -0.4 is 4.74 Å². The van der Waals surface area contributed by atoms with Gasteiger partial charge in [-0.2, -0.15) is 0 Å². The number of fused-ring (bicyclic) bond motifs is 1. The Hall–Kier alpha value is -2.40. The van der Waals surface area contributed by atoms with E-state index in [2.05, 4.69) is 29.2 Å². The Labute approximate surface area is 153 Å². The first kappa shape index (κ1) is 17.0. The van der Waals surface area contributed by atoms with Crippen molar-refractivity contribution < 1.29 is 13.9 Å². The number of carbonyl (C=O) groups excluding carboxylic acids is 1. The van der Waals surface area contributed by atoms with Crippen molar-refractivity contribution in [1.82, 2.24) is 9.80 Å². The highest BCUT2D eigenvalue weighted by Crippen LogP contribution is 2.30. The summed E-state index contributed by atoms with van der Waals surface area (Å²) in [5, 5.41) is 0. The van der Waals surface area contributed by atoms with E-state index >= 15 is 0 Å². The second-order valence-corrected chi connectivity index (χ2v) is 6.95. The fraction of sp³-hybridized carbons (Fsp3) is 0.381. The Morgan fingerprint density at radius 2 is 1.81 bits per heavy atom. The van der Waals surface area contributed by atoms with E-state index in [4.69, 9.17) is 4.74 Å². The molecule has 0 bridgehead atoms. The predicted octanol–water partition coefficient (Wildman–Crippen LogP) is 2.86. The summed E-state index contributed by atoms with van der Waals surface area (Å²) >= 11 is 0. The number of hydrogen-bond acceptors (Lipinski definition) is 3. The first-order valence-electron chi connectivity index (χ1n) is 9.20. The molecule has 1 amide bonds. The van der Waals surface area contributed by atoms with Crippen LogP contribution >= 0.6 is 0 Å². The van der Waals surface area contributed by atoms with Crippen LogP contribution in [-0.2, 0) is 17.8 Å². The van der Waals surface area contributed by atoms with Crippen LogP contribution in [-0.4, -0.2) is 48.0 Å². The van der Waals surface area contributed by atoms with Crippen LogP contribution in [0, 0.1) is 5.82 Å². The van der Waals surface area contributed by atoms with Crippen molar-refractivity contribution in [3.05, 3.63) is 65.5 Å². The topological polar surface area (TPSA) is 32.8 Å². The number of carbonyl (C=O) groups is 1. The first-order chi connectivity index (χ1) is 12.7. The summed E-state index contributed by atoms with van der Waals surface area (Å²) in [6.45, 7) is 4.05. The molecule has 26 heavy (non-hydrogen) atoms. The molecule has 5 heteroatoms. The predicted molar refractivity (Wildman–Crippen MR) is 97.4 cm³/mol. The number of halogens is 1. The monoisotopic (exact) mass is 354 g/mol. The van der Waals surface area contributed by atoms with Crippen molar-refractivity contribution in [2.45, 2.75) is 25.5 Å². The lowest BCUT2D eigenvalue weighted by molar-refractivity contribution is -0.141. The van der Waals surface area contributed by atoms with E-state index in [1.54, 1.807) is 12.1 Å². The summed E-state index contributed by atoms with van der Waals surface area (Å²) in [5.41, 5.74) is 1.88. The maximum atomic E-state index is 13.8. The van der Waals surface area contributed by atoms with Gasteiger partial charge in [-0.05, 0) is 30.5 Å². The Kier molecular flexibility index (Phi) is 4.89. The van der Waals surface area contributed by atoms with Gasteiger partial charge in [-0.25, -0.2) is 4.39 Å². The number of benzene rings is 2. The normalized spacial score (nSPS) is 20.3. The maximum absolute atomic E-state index is 13.8. The highest BCUT2D eigenvalue weighted by molar-refractivity contribution is 5.81. The molecule has 2 aromatic carbocycles. The van der Waals surface area contributed by atoms with E-state index in [1.165, 1.54) is 11.6 Å². The molecule has 2 aliphatic heterocycles. The molecule has 136 valence electrons. The molecule has 2 aliphatic rings. The summed E-state index contributed by atoms with van der Waals surface area (Å²) < 4.78 is 19.6. The van der Waals surface area contributed by atoms with Crippen LogP contribution in [0.4, 0.5) is 4.39 Å². The first-order valence-corrected chi connectivity index (χ1v) is 9.20. The number of amides is 1. The average molecular weight is 354 g/mol. The van der Waals surface area contributed by atoms with Gasteiger partial charge in [-0.1, -0.05) is 36.4 Å². The molecule has 2 aromatic rings. The molecule has 0 aromatic heterocycles. The lowest BCUT2D eigenvalue weighted by Crippen LogP contribution is -2.52. The number of hydrogen-bond donors (Lipinski definition) is 0. The molecule has 0 spiro atoms. The zero-order valence-electron chi connectivity index (χ0n) is 14.7. The minimum absolute atomic E-state index is 0.0271. The standard InChI is InChI=1S/C21H23FN2O2/c22-18-7-4-8-19-17(18)9-10-20(26-19)21(25)24-13-11-23(12-14-24)15-16-5-2-1-3-6-16/h1-8,20H,9-15H2. The smallest absolute Gasteiger partial charge is 0.263 e. The van der Waals surface area contributed by atoms with Gasteiger partial charge in [0, 0.05) is 38.3 Å². The lowest BCUT2D eigenvalue weighted by Gasteiger charge is -2.37. The number of nitrogens with zero attached hydrogens (tertiary/aromatic N) is 2. The Morgan fingerprint density at radius 1 is 1.04 bits per heavy atom. The van der Waals surface area contributed by atoms with Gasteiger partial charge < -0.3 is 9.64 Å². The molecule has 0 aliphatic carbocycles. The second-order valence-electron chi connectivity index (χ2n) is 6.95. The molecule has 4 rings (SSSR count). The zero-order chi connectivity index (χ0) is 17.9. The van der Waals surface area contributed by atoms with Gasteiger partial charge in [-0.15, -0.1) is 0 Å². The summed E-state index contributed by atoms with van der Waals surface area (Å²) in [7, 11) is 0. The third-order valence-corrected chi connectivity index (χ3v) is 5.21. The summed E-state index contributed by atoms with van der Waals surface area (Å²) in [6, 6.07) is 15.2. The van der Waals surface area contributed by atoms with Crippen molar-refractivity contribution in [3.63, 3.8) is 0 Å². The second kappa shape index (κ2) is 7.46. The van der Waals surface area contributed by atoms with Crippen LogP contribution in [0.15, 0.2) is 48.5 Å². The van der Waals surface area contributed by atoms with Crippen molar-refractivity contribution in [2.75, 3.05) is 26.2 Å². The maximum Gasteiger partial charge on any atom is 0.263 e. The SMILES string of the molecule is O=C(C1CCc2c(F)cccc2O1)N1CCN(Cc2ccccc2)CC1. The molecule has 1 atom stereocenters. The molecular weight excluding hydrogens is 331 g/mol. The third kappa shape index (κ3) is 3.58. The van der Waals surface area contributed by atoms with Crippen molar-refractivity contribution in [3.8, 4) is 5.75 Å². The van der Waals surface area contributed by atoms with E-state index < -0.39 is 6.10 Å². The van der Waals surface area contributed by atoms with Crippen LogP contribution in [0.5, 0.6) is 5.75 Å². The van der Waals surface area contributed by atoms with Gasteiger partial charge in [0.15, 0.2) is 6.10 Å². The van der Waals surface area contributed by atoms with Gasteiger partial charge in [-0.3, -0.25) is 9.69 Å². The minimum atomic E-state index is -0.495. The number of piperazine rings is 1. The van der Waals surface area contributed by atoms with Gasteiger partial charge in [0.1, 0.15) is 11.6 Å². The van der Waals surface area contributed by atoms with Gasteiger partial charge >= 0.3 is 0 Å². The van der Waals surface area contributed by atoms with Crippen LogP contribution in [0.1, 0.15) is 17.5 Å². The minimum Gasteiger partial charge on any atom is -0.480 e. The highest BCUT2D eigenvalue weighted by atomic mass is 19.1. The van der Waals surface area contributed by atoms with E-state index in [0.29, 0.717) is 37.2 Å². The van der Waals surface area contributed by atoms with Crippen LogP contribution in [0.2, 0.25) is 0 Å². The van der Waals surface area contributed by atoms with E-state index in [0.717, 1.165) is 19.6 Å². The molecule has 1 fully saturated rings. The van der Waals surface area contributed by atoms with E-state index in [-0.39, 0.29) is 11.7 Å². The van der Waals surface area contributed by atoms with Crippen molar-refractivity contribution >= 4 is 5.91 Å². The number of rotatable bonds is 3. The molecule has 2 heterocycles. The van der Waals surface area contributed by atoms with E-state index in [9.17, 15) is 9.18 Å². The van der Waals surface area contributed by atoms with Gasteiger partial charge in [0.25, 0.3) is 5.91 Å². The quantitative estimate of drug-likeness (QED) is 0.850. The average Bonchev–Trinajstić information content (AvgIpc) is 2.69. The summed E-state index contributed by atoms with van der Waals surface area (Å²) in [4.78, 5) is 17.1. The lowest BCUT2D eigenvalue weighted by atomic mass is 10.0. The molecule has 1 saturated heterocycles. The molecule has 0 radical (unpaired) electrons. The molecule has 0 saturated carbocycles. The molecule has 4 nitrogen and oxygen atoms in total. The molecular formula is C21H23FN2O2. The Morgan fingerprint density at radius 3 is 2.58 bits per heavy atom. The van der Waals surface area contributed by atoms with Gasteiger partial charge in [0.05, 0.1) is 0 Å². The molecule has 0 N–H and O–H groups in total. The van der Waals surface area contributed by atoms with Crippen molar-refractivity contribution in [2.24, 2.45) is 0 Å². The van der Waals surface area contributed by atoms with Crippen LogP contribution in [0.3, 0.4) is 0 Å². The summed E-state index contributed by atoms with van der Waals surface area (Å²) in [5.74, 6) is 0.291.